The number of carbonyl (C=O) groups is 1. The van der Waals surface area contributed by atoms with Crippen LogP contribution in [0, 0.1) is 0 Å². The molecule has 0 heterocycles. The summed E-state index contributed by atoms with van der Waals surface area (Å²) in [7, 11) is -3.62. The van der Waals surface area contributed by atoms with Crippen molar-refractivity contribution in [3.63, 3.8) is 0 Å². The Morgan fingerprint density at radius 1 is 1.08 bits per heavy atom. The van der Waals surface area contributed by atoms with Gasteiger partial charge in [-0.3, -0.25) is 4.79 Å². The van der Waals surface area contributed by atoms with E-state index in [1.54, 1.807) is 31.2 Å². The summed E-state index contributed by atoms with van der Waals surface area (Å²) in [5, 5.41) is 11.2. The van der Waals surface area contributed by atoms with E-state index in [1.807, 2.05) is 30.3 Å². The lowest BCUT2D eigenvalue weighted by molar-refractivity contribution is -0.121. The number of benzene rings is 2. The second kappa shape index (κ2) is 9.47. The normalized spacial score (nSPS) is 12.5. The zero-order valence-corrected chi connectivity index (χ0v) is 15.5. The van der Waals surface area contributed by atoms with Crippen molar-refractivity contribution in [3.8, 4) is 0 Å². The zero-order valence-electron chi connectivity index (χ0n) is 14.7. The first-order chi connectivity index (χ1) is 12.4. The smallest absolute Gasteiger partial charge is 0.241 e. The number of hydrogen-bond acceptors (Lipinski definition) is 4. The number of aliphatic hydroxyl groups is 1. The molecule has 0 aromatic heterocycles. The van der Waals surface area contributed by atoms with E-state index in [1.165, 1.54) is 0 Å². The second-order valence-corrected chi connectivity index (χ2v) is 7.69. The Hall–Kier alpha value is -2.22. The molecule has 0 radical (unpaired) electrons. The maximum absolute atomic E-state index is 12.5. The Labute approximate surface area is 154 Å². The summed E-state index contributed by atoms with van der Waals surface area (Å²) in [5.74, 6) is -0.144. The average molecular weight is 376 g/mol. The molecule has 0 aliphatic rings. The van der Waals surface area contributed by atoms with Crippen molar-refractivity contribution >= 4 is 15.9 Å². The van der Waals surface area contributed by atoms with Gasteiger partial charge in [-0.2, -0.15) is 0 Å². The monoisotopic (exact) mass is 376 g/mol. The number of aryl methyl sites for hydroxylation is 1. The fourth-order valence-electron chi connectivity index (χ4n) is 2.49. The van der Waals surface area contributed by atoms with Gasteiger partial charge in [0, 0.05) is 19.0 Å². The Balaban J connectivity index is 1.97. The van der Waals surface area contributed by atoms with Crippen LogP contribution in [0.5, 0.6) is 0 Å². The third-order valence-corrected chi connectivity index (χ3v) is 5.50. The van der Waals surface area contributed by atoms with Crippen molar-refractivity contribution in [2.24, 2.45) is 0 Å². The standard InChI is InChI=1S/C19H24N2O4S/c1-15(17-5-3-2-4-6-17)21-26(24,25)18-10-7-16(8-11-18)9-12-19(23)20-13-14-22/h2-8,10-11,15,21-22H,9,12-14H2,1H3,(H,20,23)/t15-/m0/s1. The molecule has 0 bridgehead atoms. The van der Waals surface area contributed by atoms with E-state index in [4.69, 9.17) is 5.11 Å². The fraction of sp³-hybridized carbons (Fsp3) is 0.316. The van der Waals surface area contributed by atoms with Crippen LogP contribution in [0.4, 0.5) is 0 Å². The number of hydrogen-bond donors (Lipinski definition) is 3. The van der Waals surface area contributed by atoms with E-state index in [-0.39, 0.29) is 36.4 Å². The van der Waals surface area contributed by atoms with E-state index in [9.17, 15) is 13.2 Å². The van der Waals surface area contributed by atoms with Crippen LogP contribution in [-0.2, 0) is 21.2 Å². The van der Waals surface area contributed by atoms with Gasteiger partial charge in [-0.25, -0.2) is 13.1 Å². The molecular weight excluding hydrogens is 352 g/mol. The second-order valence-electron chi connectivity index (χ2n) is 5.97. The molecule has 2 aromatic rings. The molecular formula is C19H24N2O4S. The number of nitrogens with one attached hydrogen (secondary N) is 2. The molecule has 2 aromatic carbocycles. The molecule has 7 heteroatoms. The quantitative estimate of drug-likeness (QED) is 0.621. The highest BCUT2D eigenvalue weighted by atomic mass is 32.2. The molecule has 0 spiro atoms. The van der Waals surface area contributed by atoms with Crippen molar-refractivity contribution in [2.75, 3.05) is 13.2 Å². The summed E-state index contributed by atoms with van der Waals surface area (Å²) in [6.07, 6.45) is 0.792. The van der Waals surface area contributed by atoms with Crippen LogP contribution >= 0.6 is 0 Å². The lowest BCUT2D eigenvalue weighted by atomic mass is 10.1. The van der Waals surface area contributed by atoms with E-state index >= 15 is 0 Å². The molecule has 140 valence electrons. The average Bonchev–Trinajstić information content (AvgIpc) is 2.65. The first-order valence-corrected chi connectivity index (χ1v) is 9.94. The molecule has 6 nitrogen and oxygen atoms in total. The maximum Gasteiger partial charge on any atom is 0.241 e. The largest absolute Gasteiger partial charge is 0.395 e. The number of aliphatic hydroxyl groups excluding tert-OH is 1. The lowest BCUT2D eigenvalue weighted by Crippen LogP contribution is -2.27. The van der Waals surface area contributed by atoms with Crippen LogP contribution < -0.4 is 10.0 Å². The first kappa shape index (κ1) is 20.1. The summed E-state index contributed by atoms with van der Waals surface area (Å²) in [6, 6.07) is 15.5. The molecule has 0 saturated heterocycles. The van der Waals surface area contributed by atoms with Crippen LogP contribution in [0.3, 0.4) is 0 Å². The van der Waals surface area contributed by atoms with Crippen molar-refractivity contribution in [1.29, 1.82) is 0 Å². The number of rotatable bonds is 9. The van der Waals surface area contributed by atoms with Gasteiger partial charge in [-0.1, -0.05) is 42.5 Å². The number of carbonyl (C=O) groups excluding carboxylic acids is 1. The van der Waals surface area contributed by atoms with Crippen LogP contribution in [0.2, 0.25) is 0 Å². The minimum Gasteiger partial charge on any atom is -0.395 e. The van der Waals surface area contributed by atoms with Gasteiger partial charge in [0.2, 0.25) is 15.9 Å². The van der Waals surface area contributed by atoms with Crippen LogP contribution in [0.25, 0.3) is 0 Å². The number of sulfonamides is 1. The summed E-state index contributed by atoms with van der Waals surface area (Å²) in [5.41, 5.74) is 1.76. The predicted octanol–water partition coefficient (Wildman–Crippen LogP) is 1.77. The van der Waals surface area contributed by atoms with E-state index in [0.717, 1.165) is 11.1 Å². The highest BCUT2D eigenvalue weighted by Gasteiger charge is 2.18. The van der Waals surface area contributed by atoms with Gasteiger partial charge in [0.05, 0.1) is 11.5 Å². The third kappa shape index (κ3) is 5.94. The van der Waals surface area contributed by atoms with Crippen molar-refractivity contribution < 1.29 is 18.3 Å². The summed E-state index contributed by atoms with van der Waals surface area (Å²) in [4.78, 5) is 11.7. The van der Waals surface area contributed by atoms with E-state index < -0.39 is 10.0 Å². The van der Waals surface area contributed by atoms with Gasteiger partial charge >= 0.3 is 0 Å². The van der Waals surface area contributed by atoms with Crippen LogP contribution in [0.15, 0.2) is 59.5 Å². The minimum atomic E-state index is -3.62. The Kier molecular flexibility index (Phi) is 7.32. The van der Waals surface area contributed by atoms with Gasteiger partial charge in [-0.15, -0.1) is 0 Å². The van der Waals surface area contributed by atoms with Crippen molar-refractivity contribution in [1.82, 2.24) is 10.0 Å². The van der Waals surface area contributed by atoms with Crippen LogP contribution in [0.1, 0.15) is 30.5 Å². The molecule has 0 saturated carbocycles. The predicted molar refractivity (Wildman–Crippen MR) is 100 cm³/mol. The molecule has 2 rings (SSSR count). The molecule has 1 amide bonds. The Morgan fingerprint density at radius 3 is 2.35 bits per heavy atom. The fourth-order valence-corrected chi connectivity index (χ4v) is 3.72. The topological polar surface area (TPSA) is 95.5 Å². The van der Waals surface area contributed by atoms with E-state index in [2.05, 4.69) is 10.0 Å². The minimum absolute atomic E-state index is 0.0906. The molecule has 0 aliphatic carbocycles. The van der Waals surface area contributed by atoms with Crippen molar-refractivity contribution in [2.45, 2.75) is 30.7 Å². The summed E-state index contributed by atoms with van der Waals surface area (Å²) < 4.78 is 27.7. The summed E-state index contributed by atoms with van der Waals surface area (Å²) in [6.45, 7) is 1.94. The molecule has 0 fully saturated rings. The van der Waals surface area contributed by atoms with Gasteiger partial charge < -0.3 is 10.4 Å². The molecule has 3 N–H and O–H groups in total. The highest BCUT2D eigenvalue weighted by Crippen LogP contribution is 2.17. The molecule has 0 aliphatic heterocycles. The Bertz CT molecular complexity index is 805. The SMILES string of the molecule is C[C@H](NS(=O)(=O)c1ccc(CCC(=O)NCCO)cc1)c1ccccc1. The third-order valence-electron chi connectivity index (χ3n) is 3.94. The van der Waals surface area contributed by atoms with Gasteiger partial charge in [-0.05, 0) is 36.6 Å². The summed E-state index contributed by atoms with van der Waals surface area (Å²) >= 11 is 0. The van der Waals surface area contributed by atoms with E-state index in [0.29, 0.717) is 6.42 Å². The van der Waals surface area contributed by atoms with Crippen LogP contribution in [-0.4, -0.2) is 32.6 Å². The number of amides is 1. The lowest BCUT2D eigenvalue weighted by Gasteiger charge is -2.15. The molecule has 1 atom stereocenters. The molecule has 0 unspecified atom stereocenters. The Morgan fingerprint density at radius 2 is 1.73 bits per heavy atom. The van der Waals surface area contributed by atoms with Gasteiger partial charge in [0.25, 0.3) is 0 Å². The molecule has 26 heavy (non-hydrogen) atoms. The van der Waals surface area contributed by atoms with Gasteiger partial charge in [0.15, 0.2) is 0 Å². The first-order valence-electron chi connectivity index (χ1n) is 8.46. The maximum atomic E-state index is 12.5. The zero-order chi connectivity index (χ0) is 19.0. The van der Waals surface area contributed by atoms with Gasteiger partial charge in [0.1, 0.15) is 0 Å². The van der Waals surface area contributed by atoms with Crippen molar-refractivity contribution in [3.05, 3.63) is 65.7 Å². The highest BCUT2D eigenvalue weighted by molar-refractivity contribution is 7.89.